The molecule has 0 radical (unpaired) electrons. The molecule has 1 unspecified atom stereocenters. The lowest BCUT2D eigenvalue weighted by molar-refractivity contribution is -0.141. The number of hydrogen-bond donors (Lipinski definition) is 3. The van der Waals surface area contributed by atoms with Gasteiger partial charge in [-0.15, -0.1) is 11.3 Å². The third-order valence-electron chi connectivity index (χ3n) is 6.01. The number of likely N-dealkylation sites (tertiary alicyclic amines) is 1. The molecule has 1 fully saturated rings. The summed E-state index contributed by atoms with van der Waals surface area (Å²) in [6.07, 6.45) is 7.03. The Kier molecular flexibility index (Phi) is 8.42. The summed E-state index contributed by atoms with van der Waals surface area (Å²) in [4.78, 5) is 44.7. The van der Waals surface area contributed by atoms with Crippen molar-refractivity contribution in [2.24, 2.45) is 5.92 Å². The molecule has 9 heteroatoms. The molecule has 8 nitrogen and oxygen atoms in total. The molecule has 1 saturated heterocycles. The van der Waals surface area contributed by atoms with E-state index in [4.69, 9.17) is 0 Å². The summed E-state index contributed by atoms with van der Waals surface area (Å²) >= 11 is 1.66. The number of amides is 3. The number of nitrogens with zero attached hydrogens (tertiary/aromatic N) is 2. The largest absolute Gasteiger partial charge is 0.391 e. The minimum atomic E-state index is -0.765. The van der Waals surface area contributed by atoms with E-state index in [1.165, 1.54) is 16.7 Å². The van der Waals surface area contributed by atoms with E-state index < -0.39 is 18.2 Å². The van der Waals surface area contributed by atoms with Crippen molar-refractivity contribution in [1.82, 2.24) is 20.5 Å². The van der Waals surface area contributed by atoms with E-state index in [0.717, 1.165) is 17.7 Å². The zero-order chi connectivity index (χ0) is 24.1. The van der Waals surface area contributed by atoms with Gasteiger partial charge >= 0.3 is 0 Å². The van der Waals surface area contributed by atoms with Gasteiger partial charge in [0.2, 0.25) is 17.7 Å². The second-order valence-corrected chi connectivity index (χ2v) is 10.2. The average molecular weight is 475 g/mol. The highest BCUT2D eigenvalue weighted by molar-refractivity contribution is 7.09. The monoisotopic (exact) mass is 474 g/mol. The Morgan fingerprint density at radius 2 is 2.09 bits per heavy atom. The van der Waals surface area contributed by atoms with E-state index >= 15 is 0 Å². The number of nitrogens with one attached hydrogen (secondary N) is 2. The van der Waals surface area contributed by atoms with Crippen LogP contribution in [0.1, 0.15) is 56.5 Å². The highest BCUT2D eigenvalue weighted by Gasteiger charge is 2.41. The molecule has 1 aliphatic carbocycles. The third-order valence-corrected chi connectivity index (χ3v) is 7.07. The van der Waals surface area contributed by atoms with Crippen molar-refractivity contribution >= 4 is 29.1 Å². The maximum absolute atomic E-state index is 13.2. The molecule has 1 aromatic heterocycles. The predicted octanol–water partition coefficient (Wildman–Crippen LogP) is 2.05. The van der Waals surface area contributed by atoms with Gasteiger partial charge in [-0.3, -0.25) is 14.4 Å². The van der Waals surface area contributed by atoms with Gasteiger partial charge in [0.25, 0.3) is 0 Å². The van der Waals surface area contributed by atoms with Gasteiger partial charge in [-0.2, -0.15) is 0 Å². The van der Waals surface area contributed by atoms with Crippen LogP contribution in [-0.4, -0.2) is 64.0 Å². The Morgan fingerprint density at radius 3 is 2.67 bits per heavy atom. The lowest BCUT2D eigenvalue weighted by Crippen LogP contribution is -2.53. The highest BCUT2D eigenvalue weighted by atomic mass is 32.1. The number of aryl methyl sites for hydroxylation is 1. The zero-order valence-electron chi connectivity index (χ0n) is 19.7. The van der Waals surface area contributed by atoms with E-state index in [-0.39, 0.29) is 36.6 Å². The Balaban J connectivity index is 1.59. The molecule has 3 N–H and O–H groups in total. The molecule has 0 saturated carbocycles. The van der Waals surface area contributed by atoms with Crippen LogP contribution < -0.4 is 10.6 Å². The molecule has 180 valence electrons. The van der Waals surface area contributed by atoms with Gasteiger partial charge in [-0.25, -0.2) is 4.98 Å². The first-order valence-electron chi connectivity index (χ1n) is 11.5. The second kappa shape index (κ2) is 11.1. The van der Waals surface area contributed by atoms with E-state index in [2.05, 4.69) is 27.8 Å². The first-order valence-corrected chi connectivity index (χ1v) is 12.3. The molecule has 0 spiro atoms. The Labute approximate surface area is 199 Å². The number of thiazole rings is 1. The summed E-state index contributed by atoms with van der Waals surface area (Å²) in [7, 11) is 0. The average Bonchev–Trinajstić information content (AvgIpc) is 3.36. The molecular formula is C24H34N4O4S. The molecule has 3 amide bonds. The van der Waals surface area contributed by atoms with Crippen LogP contribution in [0.5, 0.6) is 0 Å². The number of aliphatic hydroxyl groups is 1. The number of hydrogen-bond acceptors (Lipinski definition) is 6. The Bertz CT molecular complexity index is 939. The Hall–Kier alpha value is -2.52. The molecule has 2 aliphatic rings. The van der Waals surface area contributed by atoms with Crippen LogP contribution in [0.3, 0.4) is 0 Å². The molecule has 0 bridgehead atoms. The lowest BCUT2D eigenvalue weighted by atomic mass is 9.94. The van der Waals surface area contributed by atoms with Gasteiger partial charge in [0.15, 0.2) is 0 Å². The summed E-state index contributed by atoms with van der Waals surface area (Å²) in [5.74, 6) is -0.414. The topological polar surface area (TPSA) is 112 Å². The fourth-order valence-corrected chi connectivity index (χ4v) is 5.31. The van der Waals surface area contributed by atoms with Crippen LogP contribution in [0.2, 0.25) is 0 Å². The number of aromatic nitrogens is 1. The van der Waals surface area contributed by atoms with Crippen molar-refractivity contribution in [3.63, 3.8) is 0 Å². The molecule has 1 aromatic rings. The maximum Gasteiger partial charge on any atom is 0.245 e. The smallest absolute Gasteiger partial charge is 0.245 e. The molecule has 1 aliphatic heterocycles. The summed E-state index contributed by atoms with van der Waals surface area (Å²) in [5.41, 5.74) is 3.92. The number of β-amino-alcohol motifs (C(OH)–C–C–N with tert-alkyl or cyclic N) is 1. The molecular weight excluding hydrogens is 440 g/mol. The van der Waals surface area contributed by atoms with Crippen LogP contribution in [0.15, 0.2) is 29.3 Å². The third kappa shape index (κ3) is 6.51. The SMILES string of the molecule is CC(=O)N[C@@H](CC(C)C)C(=O)N1C[C@H](O)C[C@H]1C(=O)NCC1=CCC(c2scnc2C)C=C1. The second-order valence-electron chi connectivity index (χ2n) is 9.28. The van der Waals surface area contributed by atoms with E-state index in [1.807, 2.05) is 32.4 Å². The summed E-state index contributed by atoms with van der Waals surface area (Å²) in [6.45, 7) is 7.77. The van der Waals surface area contributed by atoms with Crippen molar-refractivity contribution in [3.8, 4) is 0 Å². The standard InChI is InChI=1S/C24H34N4O4S/c1-14(2)9-20(27-16(4)29)24(32)28-12-19(30)10-21(28)23(31)25-11-17-5-7-18(8-6-17)22-15(3)26-13-33-22/h5-7,13-14,18-21,30H,8-12H2,1-4H3,(H,25,31)(H,27,29)/t18?,19-,20+,21+/m1/s1. The zero-order valence-corrected chi connectivity index (χ0v) is 20.5. The number of carbonyl (C=O) groups excluding carboxylic acids is 3. The molecule has 2 heterocycles. The Morgan fingerprint density at radius 1 is 1.33 bits per heavy atom. The maximum atomic E-state index is 13.2. The summed E-state index contributed by atoms with van der Waals surface area (Å²) in [5, 5.41) is 15.8. The van der Waals surface area contributed by atoms with Crippen molar-refractivity contribution in [2.75, 3.05) is 13.1 Å². The predicted molar refractivity (Wildman–Crippen MR) is 128 cm³/mol. The molecule has 3 rings (SSSR count). The van der Waals surface area contributed by atoms with Crippen LogP contribution in [0.4, 0.5) is 0 Å². The summed E-state index contributed by atoms with van der Waals surface area (Å²) in [6, 6.07) is -1.46. The number of carbonyl (C=O) groups is 3. The first-order chi connectivity index (χ1) is 15.7. The lowest BCUT2D eigenvalue weighted by Gasteiger charge is -2.29. The van der Waals surface area contributed by atoms with Crippen molar-refractivity contribution < 1.29 is 19.5 Å². The van der Waals surface area contributed by atoms with Gasteiger partial charge < -0.3 is 20.6 Å². The normalized spacial score (nSPS) is 23.4. The van der Waals surface area contributed by atoms with E-state index in [1.54, 1.807) is 11.3 Å². The fraction of sp³-hybridized carbons (Fsp3) is 0.583. The van der Waals surface area contributed by atoms with Gasteiger partial charge in [0, 0.05) is 37.2 Å². The molecule has 33 heavy (non-hydrogen) atoms. The van der Waals surface area contributed by atoms with Crippen molar-refractivity contribution in [3.05, 3.63) is 39.9 Å². The van der Waals surface area contributed by atoms with Crippen LogP contribution >= 0.6 is 11.3 Å². The van der Waals surface area contributed by atoms with E-state index in [0.29, 0.717) is 18.9 Å². The number of aliphatic hydroxyl groups excluding tert-OH is 1. The van der Waals surface area contributed by atoms with Crippen molar-refractivity contribution in [1.29, 1.82) is 0 Å². The van der Waals surface area contributed by atoms with Gasteiger partial charge in [0.05, 0.1) is 17.3 Å². The molecule has 4 atom stereocenters. The van der Waals surface area contributed by atoms with Crippen LogP contribution in [-0.2, 0) is 14.4 Å². The number of allylic oxidation sites excluding steroid dienone is 2. The van der Waals surface area contributed by atoms with Gasteiger partial charge in [-0.05, 0) is 31.3 Å². The minimum absolute atomic E-state index is 0.0869. The highest BCUT2D eigenvalue weighted by Crippen LogP contribution is 2.31. The first kappa shape index (κ1) is 25.1. The van der Waals surface area contributed by atoms with Crippen molar-refractivity contribution in [2.45, 2.75) is 71.1 Å². The van der Waals surface area contributed by atoms with E-state index in [9.17, 15) is 19.5 Å². The van der Waals surface area contributed by atoms with Crippen LogP contribution in [0.25, 0.3) is 0 Å². The quantitative estimate of drug-likeness (QED) is 0.534. The summed E-state index contributed by atoms with van der Waals surface area (Å²) < 4.78 is 0. The molecule has 0 aromatic carbocycles. The van der Waals surface area contributed by atoms with Gasteiger partial charge in [0.1, 0.15) is 12.1 Å². The van der Waals surface area contributed by atoms with Crippen LogP contribution in [0, 0.1) is 12.8 Å². The fourth-order valence-electron chi connectivity index (χ4n) is 4.41. The number of rotatable bonds is 8. The van der Waals surface area contributed by atoms with Gasteiger partial charge in [-0.1, -0.05) is 32.1 Å². The minimum Gasteiger partial charge on any atom is -0.391 e.